The smallest absolute Gasteiger partial charge is 0.0771 e. The zero-order valence-electron chi connectivity index (χ0n) is 10.6. The van der Waals surface area contributed by atoms with Crippen molar-refractivity contribution in [3.63, 3.8) is 0 Å². The van der Waals surface area contributed by atoms with Crippen LogP contribution in [0.4, 0.5) is 0 Å². The van der Waals surface area contributed by atoms with Crippen LogP contribution in [-0.2, 0) is 6.54 Å². The van der Waals surface area contributed by atoms with Gasteiger partial charge in [-0.15, -0.1) is 11.3 Å². The minimum Gasteiger partial charge on any atom is -0.389 e. The van der Waals surface area contributed by atoms with Gasteiger partial charge in [-0.25, -0.2) is 0 Å². The molecule has 0 amide bonds. The van der Waals surface area contributed by atoms with Crippen LogP contribution < -0.4 is 5.32 Å². The van der Waals surface area contributed by atoms with E-state index in [0.29, 0.717) is 0 Å². The van der Waals surface area contributed by atoms with E-state index in [4.69, 9.17) is 0 Å². The Labute approximate surface area is 108 Å². The van der Waals surface area contributed by atoms with E-state index in [2.05, 4.69) is 29.8 Å². The fourth-order valence-corrected chi connectivity index (χ4v) is 3.31. The number of rotatable bonds is 5. The van der Waals surface area contributed by atoms with Crippen molar-refractivity contribution in [1.82, 2.24) is 5.32 Å². The van der Waals surface area contributed by atoms with Gasteiger partial charge < -0.3 is 10.4 Å². The van der Waals surface area contributed by atoms with Crippen LogP contribution in [-0.4, -0.2) is 17.3 Å². The number of hydrogen-bond donors (Lipinski definition) is 2. The predicted molar refractivity (Wildman–Crippen MR) is 73.2 cm³/mol. The molecule has 1 aliphatic carbocycles. The molecule has 1 heterocycles. The first-order valence-electron chi connectivity index (χ1n) is 6.67. The maximum Gasteiger partial charge on any atom is 0.0771 e. The SMILES string of the molecule is CCC1CCC(O)(CNCc2cccs2)CC1. The zero-order chi connectivity index (χ0) is 12.1. The fraction of sp³-hybridized carbons (Fsp3) is 0.714. The second-order valence-electron chi connectivity index (χ2n) is 5.26. The van der Waals surface area contributed by atoms with Crippen LogP contribution in [0.2, 0.25) is 0 Å². The molecule has 0 unspecified atom stereocenters. The normalized spacial score (nSPS) is 29.4. The Balaban J connectivity index is 1.71. The van der Waals surface area contributed by atoms with Crippen molar-refractivity contribution in [1.29, 1.82) is 0 Å². The zero-order valence-corrected chi connectivity index (χ0v) is 11.4. The summed E-state index contributed by atoms with van der Waals surface area (Å²) < 4.78 is 0. The Bertz CT molecular complexity index is 315. The summed E-state index contributed by atoms with van der Waals surface area (Å²) in [5, 5.41) is 15.9. The molecule has 2 rings (SSSR count). The lowest BCUT2D eigenvalue weighted by Crippen LogP contribution is -2.43. The number of aliphatic hydroxyl groups is 1. The lowest BCUT2D eigenvalue weighted by molar-refractivity contribution is -0.00876. The van der Waals surface area contributed by atoms with Gasteiger partial charge in [0.2, 0.25) is 0 Å². The maximum absolute atomic E-state index is 10.5. The van der Waals surface area contributed by atoms with E-state index < -0.39 is 5.60 Å². The summed E-state index contributed by atoms with van der Waals surface area (Å²) in [5.74, 6) is 0.840. The van der Waals surface area contributed by atoms with Gasteiger partial charge in [-0.2, -0.15) is 0 Å². The molecule has 0 radical (unpaired) electrons. The average molecular weight is 253 g/mol. The standard InChI is InChI=1S/C14H23NOS/c1-2-12-5-7-14(16,8-6-12)11-15-10-13-4-3-9-17-13/h3-4,9,12,15-16H,2,5-8,10-11H2,1H3. The van der Waals surface area contributed by atoms with Crippen molar-refractivity contribution in [3.05, 3.63) is 22.4 Å². The summed E-state index contributed by atoms with van der Waals surface area (Å²) in [5.41, 5.74) is -0.455. The second kappa shape index (κ2) is 5.98. The van der Waals surface area contributed by atoms with Crippen LogP contribution in [0.1, 0.15) is 43.9 Å². The molecule has 0 bridgehead atoms. The molecule has 1 aliphatic rings. The van der Waals surface area contributed by atoms with Crippen molar-refractivity contribution in [2.24, 2.45) is 5.92 Å². The highest BCUT2D eigenvalue weighted by Crippen LogP contribution is 2.33. The molecule has 1 aromatic rings. The first-order chi connectivity index (χ1) is 8.22. The Kier molecular flexibility index (Phi) is 4.60. The van der Waals surface area contributed by atoms with Gasteiger partial charge in [0.25, 0.3) is 0 Å². The van der Waals surface area contributed by atoms with Gasteiger partial charge in [-0.05, 0) is 43.0 Å². The molecule has 3 heteroatoms. The molecule has 17 heavy (non-hydrogen) atoms. The van der Waals surface area contributed by atoms with E-state index in [1.807, 2.05) is 0 Å². The molecule has 0 saturated heterocycles. The highest BCUT2D eigenvalue weighted by Gasteiger charge is 2.31. The van der Waals surface area contributed by atoms with Crippen molar-refractivity contribution < 1.29 is 5.11 Å². The van der Waals surface area contributed by atoms with Crippen molar-refractivity contribution in [3.8, 4) is 0 Å². The average Bonchev–Trinajstić information content (AvgIpc) is 2.83. The monoisotopic (exact) mass is 253 g/mol. The Hall–Kier alpha value is -0.380. The molecule has 1 aromatic heterocycles. The van der Waals surface area contributed by atoms with Crippen LogP contribution in [0.15, 0.2) is 17.5 Å². The Morgan fingerprint density at radius 2 is 2.24 bits per heavy atom. The van der Waals surface area contributed by atoms with E-state index in [9.17, 15) is 5.11 Å². The lowest BCUT2D eigenvalue weighted by atomic mass is 9.78. The first kappa shape index (κ1) is 13.1. The molecule has 0 aromatic carbocycles. The molecule has 2 nitrogen and oxygen atoms in total. The van der Waals surface area contributed by atoms with E-state index >= 15 is 0 Å². The number of hydrogen-bond acceptors (Lipinski definition) is 3. The minimum atomic E-state index is -0.455. The van der Waals surface area contributed by atoms with Gasteiger partial charge in [0, 0.05) is 18.0 Å². The third-order valence-electron chi connectivity index (χ3n) is 3.95. The first-order valence-corrected chi connectivity index (χ1v) is 7.55. The van der Waals surface area contributed by atoms with E-state index in [-0.39, 0.29) is 0 Å². The number of thiophene rings is 1. The van der Waals surface area contributed by atoms with Gasteiger partial charge in [0.05, 0.1) is 5.60 Å². The van der Waals surface area contributed by atoms with Crippen molar-refractivity contribution >= 4 is 11.3 Å². The summed E-state index contributed by atoms with van der Waals surface area (Å²) >= 11 is 1.77. The minimum absolute atomic E-state index is 0.455. The molecule has 96 valence electrons. The Morgan fingerprint density at radius 3 is 2.82 bits per heavy atom. The van der Waals surface area contributed by atoms with Crippen LogP contribution >= 0.6 is 11.3 Å². The molecule has 0 aliphatic heterocycles. The van der Waals surface area contributed by atoms with Crippen LogP contribution in [0.5, 0.6) is 0 Å². The topological polar surface area (TPSA) is 32.3 Å². The van der Waals surface area contributed by atoms with Crippen LogP contribution in [0.25, 0.3) is 0 Å². The molecule has 2 N–H and O–H groups in total. The summed E-state index contributed by atoms with van der Waals surface area (Å²) in [6.45, 7) is 3.88. The highest BCUT2D eigenvalue weighted by atomic mass is 32.1. The summed E-state index contributed by atoms with van der Waals surface area (Å²) in [6.07, 6.45) is 5.56. The van der Waals surface area contributed by atoms with Crippen LogP contribution in [0.3, 0.4) is 0 Å². The predicted octanol–water partition coefficient (Wildman–Crippen LogP) is 3.17. The molecule has 1 saturated carbocycles. The van der Waals surface area contributed by atoms with Gasteiger partial charge in [0.15, 0.2) is 0 Å². The fourth-order valence-electron chi connectivity index (χ4n) is 2.63. The molecule has 0 atom stereocenters. The second-order valence-corrected chi connectivity index (χ2v) is 6.29. The largest absolute Gasteiger partial charge is 0.389 e. The van der Waals surface area contributed by atoms with Crippen LogP contribution in [0, 0.1) is 5.92 Å². The lowest BCUT2D eigenvalue weighted by Gasteiger charge is -2.36. The third kappa shape index (κ3) is 3.80. The van der Waals surface area contributed by atoms with Gasteiger partial charge in [-0.1, -0.05) is 19.4 Å². The summed E-state index contributed by atoms with van der Waals surface area (Å²) in [6, 6.07) is 4.21. The maximum atomic E-state index is 10.5. The summed E-state index contributed by atoms with van der Waals surface area (Å²) in [7, 11) is 0. The van der Waals surface area contributed by atoms with Gasteiger partial charge in [-0.3, -0.25) is 0 Å². The highest BCUT2D eigenvalue weighted by molar-refractivity contribution is 7.09. The van der Waals surface area contributed by atoms with E-state index in [1.54, 1.807) is 11.3 Å². The van der Waals surface area contributed by atoms with Gasteiger partial charge in [0.1, 0.15) is 0 Å². The Morgan fingerprint density at radius 1 is 1.47 bits per heavy atom. The molecular weight excluding hydrogens is 230 g/mol. The molecule has 1 fully saturated rings. The summed E-state index contributed by atoms with van der Waals surface area (Å²) in [4.78, 5) is 1.34. The van der Waals surface area contributed by atoms with E-state index in [1.165, 1.54) is 24.1 Å². The van der Waals surface area contributed by atoms with Gasteiger partial charge >= 0.3 is 0 Å². The quantitative estimate of drug-likeness (QED) is 0.845. The van der Waals surface area contributed by atoms with Crippen molar-refractivity contribution in [2.45, 2.75) is 51.2 Å². The molecule has 0 spiro atoms. The van der Waals surface area contributed by atoms with Crippen molar-refractivity contribution in [2.75, 3.05) is 6.54 Å². The third-order valence-corrected chi connectivity index (χ3v) is 4.82. The number of nitrogens with one attached hydrogen (secondary N) is 1. The molecular formula is C14H23NOS. The van der Waals surface area contributed by atoms with E-state index in [0.717, 1.165) is 31.8 Å².